The van der Waals surface area contributed by atoms with Crippen molar-refractivity contribution in [3.63, 3.8) is 0 Å². The van der Waals surface area contributed by atoms with E-state index in [4.69, 9.17) is 16.3 Å². The first-order chi connectivity index (χ1) is 11.9. The number of hydrogen-bond donors (Lipinski definition) is 4. The number of aromatic amines is 1. The number of nitrogens with one attached hydrogen (secondary N) is 1. The van der Waals surface area contributed by atoms with Crippen LogP contribution in [0.25, 0.3) is 0 Å². The Kier molecular flexibility index (Phi) is 4.81. The lowest BCUT2D eigenvalue weighted by Crippen LogP contribution is -2.48. The van der Waals surface area contributed by atoms with E-state index in [-0.39, 0.29) is 11.4 Å². The van der Waals surface area contributed by atoms with Gasteiger partial charge < -0.3 is 20.1 Å². The van der Waals surface area contributed by atoms with Crippen molar-refractivity contribution in [1.82, 2.24) is 9.55 Å². The second kappa shape index (κ2) is 6.74. The predicted octanol–water partition coefficient (Wildman–Crippen LogP) is -0.586. The van der Waals surface area contributed by atoms with E-state index in [1.807, 2.05) is 11.1 Å². The van der Waals surface area contributed by atoms with Crippen molar-refractivity contribution in [3.8, 4) is 0 Å². The number of H-pyrrole nitrogens is 1. The number of benzene rings is 1. The first-order valence-corrected chi connectivity index (χ1v) is 7.95. The summed E-state index contributed by atoms with van der Waals surface area (Å²) in [6, 6.07) is 8.98. The molecule has 4 N–H and O–H groups in total. The fourth-order valence-corrected chi connectivity index (χ4v) is 3.14. The van der Waals surface area contributed by atoms with Crippen LogP contribution in [0.5, 0.6) is 0 Å². The SMILES string of the molecule is O=c1[nH]c(=O)n(C2OC(CO)(Cc3ccccc3)C(O)C2O)cc1Cl. The molecule has 1 aliphatic rings. The summed E-state index contributed by atoms with van der Waals surface area (Å²) in [5.74, 6) is 0. The maximum atomic E-state index is 12.0. The Balaban J connectivity index is 1.98. The molecule has 4 atom stereocenters. The van der Waals surface area contributed by atoms with Crippen molar-refractivity contribution >= 4 is 11.6 Å². The third-order valence-electron chi connectivity index (χ3n) is 4.32. The molecule has 8 nitrogen and oxygen atoms in total. The zero-order valence-electron chi connectivity index (χ0n) is 13.0. The molecule has 2 aromatic rings. The first-order valence-electron chi connectivity index (χ1n) is 7.58. The number of aromatic nitrogens is 2. The summed E-state index contributed by atoms with van der Waals surface area (Å²) < 4.78 is 6.61. The van der Waals surface area contributed by atoms with Gasteiger partial charge >= 0.3 is 5.69 Å². The Morgan fingerprint density at radius 2 is 1.92 bits per heavy atom. The molecule has 1 fully saturated rings. The summed E-state index contributed by atoms with van der Waals surface area (Å²) >= 11 is 5.73. The highest BCUT2D eigenvalue weighted by Gasteiger charge is 2.54. The third-order valence-corrected chi connectivity index (χ3v) is 4.59. The molecule has 0 spiro atoms. The van der Waals surface area contributed by atoms with Crippen LogP contribution in [0.4, 0.5) is 0 Å². The molecule has 3 rings (SSSR count). The molecular weight excluding hydrogens is 352 g/mol. The van der Waals surface area contributed by atoms with E-state index in [2.05, 4.69) is 0 Å². The van der Waals surface area contributed by atoms with Crippen molar-refractivity contribution in [2.45, 2.75) is 30.5 Å². The van der Waals surface area contributed by atoms with Crippen LogP contribution < -0.4 is 11.2 Å². The Morgan fingerprint density at radius 3 is 2.56 bits per heavy atom. The van der Waals surface area contributed by atoms with E-state index in [1.54, 1.807) is 24.3 Å². The third kappa shape index (κ3) is 3.14. The van der Waals surface area contributed by atoms with Crippen LogP contribution in [0.2, 0.25) is 5.02 Å². The zero-order chi connectivity index (χ0) is 18.2. The van der Waals surface area contributed by atoms with Crippen LogP contribution >= 0.6 is 11.6 Å². The van der Waals surface area contributed by atoms with E-state index in [0.717, 1.165) is 16.3 Å². The maximum absolute atomic E-state index is 12.0. The number of rotatable bonds is 4. The van der Waals surface area contributed by atoms with E-state index in [0.29, 0.717) is 0 Å². The van der Waals surface area contributed by atoms with Gasteiger partial charge in [-0.2, -0.15) is 0 Å². The molecule has 25 heavy (non-hydrogen) atoms. The van der Waals surface area contributed by atoms with Gasteiger partial charge in [0.25, 0.3) is 5.56 Å². The average molecular weight is 369 g/mol. The van der Waals surface area contributed by atoms with Gasteiger partial charge in [0, 0.05) is 12.6 Å². The Labute approximate surface area is 146 Å². The molecule has 4 unspecified atom stereocenters. The number of ether oxygens (including phenoxy) is 1. The summed E-state index contributed by atoms with van der Waals surface area (Å²) in [5.41, 5.74) is -2.35. The van der Waals surface area contributed by atoms with E-state index >= 15 is 0 Å². The molecule has 1 saturated heterocycles. The number of hydrogen-bond acceptors (Lipinski definition) is 6. The molecule has 0 amide bonds. The highest BCUT2D eigenvalue weighted by molar-refractivity contribution is 6.30. The maximum Gasteiger partial charge on any atom is 0.330 e. The minimum Gasteiger partial charge on any atom is -0.393 e. The van der Waals surface area contributed by atoms with Crippen LogP contribution in [-0.2, 0) is 11.2 Å². The Morgan fingerprint density at radius 1 is 1.24 bits per heavy atom. The predicted molar refractivity (Wildman–Crippen MR) is 88.4 cm³/mol. The van der Waals surface area contributed by atoms with E-state index in [9.17, 15) is 24.9 Å². The van der Waals surface area contributed by atoms with Crippen molar-refractivity contribution in [2.75, 3.05) is 6.61 Å². The Bertz CT molecular complexity index is 867. The minimum absolute atomic E-state index is 0.116. The summed E-state index contributed by atoms with van der Waals surface area (Å²) in [6.07, 6.45) is -3.13. The lowest BCUT2D eigenvalue weighted by Gasteiger charge is -2.30. The molecule has 0 saturated carbocycles. The highest BCUT2D eigenvalue weighted by Crippen LogP contribution is 2.38. The molecule has 1 aliphatic heterocycles. The molecule has 0 bridgehead atoms. The van der Waals surface area contributed by atoms with Crippen LogP contribution in [0, 0.1) is 0 Å². The zero-order valence-corrected chi connectivity index (χ0v) is 13.8. The van der Waals surface area contributed by atoms with Gasteiger partial charge in [-0.1, -0.05) is 41.9 Å². The van der Waals surface area contributed by atoms with Crippen LogP contribution in [0.1, 0.15) is 11.8 Å². The van der Waals surface area contributed by atoms with Gasteiger partial charge in [-0.15, -0.1) is 0 Å². The van der Waals surface area contributed by atoms with E-state index < -0.39 is 41.9 Å². The number of aliphatic hydroxyl groups is 3. The lowest BCUT2D eigenvalue weighted by molar-refractivity contribution is -0.128. The summed E-state index contributed by atoms with van der Waals surface area (Å²) in [4.78, 5) is 25.4. The van der Waals surface area contributed by atoms with Crippen molar-refractivity contribution < 1.29 is 20.1 Å². The summed E-state index contributed by atoms with van der Waals surface area (Å²) in [5, 5.41) is 30.4. The highest BCUT2D eigenvalue weighted by atomic mass is 35.5. The van der Waals surface area contributed by atoms with Crippen molar-refractivity contribution in [3.05, 3.63) is 68.0 Å². The molecule has 1 aromatic heterocycles. The smallest absolute Gasteiger partial charge is 0.330 e. The van der Waals surface area contributed by atoms with Gasteiger partial charge in [-0.3, -0.25) is 14.3 Å². The van der Waals surface area contributed by atoms with Gasteiger partial charge in [0.2, 0.25) is 0 Å². The first kappa shape index (κ1) is 17.8. The molecule has 2 heterocycles. The second-order valence-corrected chi connectivity index (χ2v) is 6.38. The number of aliphatic hydroxyl groups excluding tert-OH is 3. The largest absolute Gasteiger partial charge is 0.393 e. The minimum atomic E-state index is -1.51. The number of nitrogens with zero attached hydrogens (tertiary/aromatic N) is 1. The quantitative estimate of drug-likeness (QED) is 0.572. The second-order valence-electron chi connectivity index (χ2n) is 5.97. The van der Waals surface area contributed by atoms with Gasteiger partial charge in [0.1, 0.15) is 22.8 Å². The molecular formula is C16H17ClN2O6. The molecule has 1 aromatic carbocycles. The fourth-order valence-electron chi connectivity index (χ4n) is 2.99. The molecule has 0 radical (unpaired) electrons. The Hall–Kier alpha value is -1.97. The van der Waals surface area contributed by atoms with Gasteiger partial charge in [-0.05, 0) is 5.56 Å². The van der Waals surface area contributed by atoms with Gasteiger partial charge in [0.05, 0.1) is 6.61 Å². The summed E-state index contributed by atoms with van der Waals surface area (Å²) in [7, 11) is 0. The van der Waals surface area contributed by atoms with Crippen LogP contribution in [0.3, 0.4) is 0 Å². The fraction of sp³-hybridized carbons (Fsp3) is 0.375. The van der Waals surface area contributed by atoms with Crippen LogP contribution in [0.15, 0.2) is 46.1 Å². The molecule has 134 valence electrons. The van der Waals surface area contributed by atoms with Gasteiger partial charge in [-0.25, -0.2) is 4.79 Å². The molecule has 9 heteroatoms. The monoisotopic (exact) mass is 368 g/mol. The van der Waals surface area contributed by atoms with E-state index in [1.165, 1.54) is 0 Å². The lowest BCUT2D eigenvalue weighted by atomic mass is 9.89. The van der Waals surface area contributed by atoms with Crippen molar-refractivity contribution in [2.24, 2.45) is 0 Å². The molecule has 0 aliphatic carbocycles. The normalized spacial score (nSPS) is 29.0. The van der Waals surface area contributed by atoms with Crippen molar-refractivity contribution in [1.29, 1.82) is 0 Å². The summed E-state index contributed by atoms with van der Waals surface area (Å²) in [6.45, 7) is -0.581. The van der Waals surface area contributed by atoms with Gasteiger partial charge in [0.15, 0.2) is 6.23 Å². The average Bonchev–Trinajstić information content (AvgIpc) is 2.85. The van der Waals surface area contributed by atoms with Crippen LogP contribution in [-0.4, -0.2) is 49.3 Å². The topological polar surface area (TPSA) is 125 Å². The standard InChI is InChI=1S/C16H17ClN2O6/c17-10-7-19(15(24)18-13(10)23)14-11(21)12(22)16(8-20,25-14)6-9-4-2-1-3-5-9/h1-5,7,11-12,14,20-22H,6,8H2,(H,18,23,24). The number of halogens is 1.